The largest absolute Gasteiger partial charge is 0.378 e. The van der Waals surface area contributed by atoms with Gasteiger partial charge in [-0.3, -0.25) is 0 Å². The van der Waals surface area contributed by atoms with E-state index in [0.717, 1.165) is 31.1 Å². The summed E-state index contributed by atoms with van der Waals surface area (Å²) in [6.07, 6.45) is 5.95. The van der Waals surface area contributed by atoms with Crippen LogP contribution in [0.25, 0.3) is 0 Å². The zero-order valence-electron chi connectivity index (χ0n) is 8.24. The van der Waals surface area contributed by atoms with E-state index in [4.69, 9.17) is 4.74 Å². The highest BCUT2D eigenvalue weighted by molar-refractivity contribution is 7.09. The maximum Gasteiger partial charge on any atom is 0.106 e. The van der Waals surface area contributed by atoms with Gasteiger partial charge in [-0.1, -0.05) is 0 Å². The summed E-state index contributed by atoms with van der Waals surface area (Å²) in [7, 11) is 0. The summed E-state index contributed by atoms with van der Waals surface area (Å²) in [5.74, 6) is 0. The molecule has 4 heteroatoms. The summed E-state index contributed by atoms with van der Waals surface area (Å²) in [4.78, 5) is 4.21. The van der Waals surface area contributed by atoms with Gasteiger partial charge in [0.15, 0.2) is 0 Å². The van der Waals surface area contributed by atoms with Gasteiger partial charge < -0.3 is 10.1 Å². The third-order valence-electron chi connectivity index (χ3n) is 2.43. The van der Waals surface area contributed by atoms with Gasteiger partial charge in [-0.05, 0) is 25.8 Å². The quantitative estimate of drug-likeness (QED) is 0.756. The fourth-order valence-corrected chi connectivity index (χ4v) is 2.26. The van der Waals surface area contributed by atoms with Crippen molar-refractivity contribution < 1.29 is 4.74 Å². The van der Waals surface area contributed by atoms with E-state index in [1.54, 1.807) is 11.3 Å². The van der Waals surface area contributed by atoms with Gasteiger partial charge in [0.1, 0.15) is 5.01 Å². The molecule has 0 radical (unpaired) electrons. The van der Waals surface area contributed by atoms with Gasteiger partial charge in [0, 0.05) is 24.7 Å². The first-order valence-electron chi connectivity index (χ1n) is 5.16. The van der Waals surface area contributed by atoms with E-state index in [-0.39, 0.29) is 0 Å². The Balaban J connectivity index is 1.55. The number of rotatable bonds is 5. The second-order valence-corrected chi connectivity index (χ2v) is 4.51. The van der Waals surface area contributed by atoms with Crippen molar-refractivity contribution in [2.24, 2.45) is 0 Å². The SMILES string of the molecule is c1csc(CNCCC2CCCO2)n1. The molecule has 0 bridgehead atoms. The molecular formula is C10H16N2OS. The molecule has 2 rings (SSSR count). The molecule has 1 aromatic heterocycles. The van der Waals surface area contributed by atoms with Crippen LogP contribution < -0.4 is 5.32 Å². The van der Waals surface area contributed by atoms with Crippen LogP contribution in [0.5, 0.6) is 0 Å². The van der Waals surface area contributed by atoms with Gasteiger partial charge in [0.2, 0.25) is 0 Å². The normalized spacial score (nSPS) is 21.6. The lowest BCUT2D eigenvalue weighted by molar-refractivity contribution is 0.104. The smallest absolute Gasteiger partial charge is 0.106 e. The van der Waals surface area contributed by atoms with Crippen LogP contribution in [-0.4, -0.2) is 24.2 Å². The maximum absolute atomic E-state index is 5.54. The first kappa shape index (κ1) is 10.1. The lowest BCUT2D eigenvalue weighted by Gasteiger charge is -2.08. The summed E-state index contributed by atoms with van der Waals surface area (Å²) in [6.45, 7) is 2.88. The Labute approximate surface area is 88.5 Å². The van der Waals surface area contributed by atoms with Gasteiger partial charge in [-0.15, -0.1) is 11.3 Å². The van der Waals surface area contributed by atoms with Crippen molar-refractivity contribution in [3.8, 4) is 0 Å². The Hall–Kier alpha value is -0.450. The average Bonchev–Trinajstić information content (AvgIpc) is 2.86. The molecule has 0 saturated carbocycles. The Morgan fingerprint density at radius 1 is 1.64 bits per heavy atom. The molecule has 2 heterocycles. The predicted molar refractivity (Wildman–Crippen MR) is 57.4 cm³/mol. The van der Waals surface area contributed by atoms with Crippen molar-refractivity contribution in [1.29, 1.82) is 0 Å². The molecule has 1 aromatic rings. The topological polar surface area (TPSA) is 34.1 Å². The van der Waals surface area contributed by atoms with Crippen LogP contribution in [0.3, 0.4) is 0 Å². The molecule has 0 amide bonds. The Morgan fingerprint density at radius 2 is 2.64 bits per heavy atom. The van der Waals surface area contributed by atoms with Gasteiger partial charge in [-0.2, -0.15) is 0 Å². The summed E-state index contributed by atoms with van der Waals surface area (Å²) in [6, 6.07) is 0. The molecule has 1 atom stereocenters. The minimum Gasteiger partial charge on any atom is -0.378 e. The fourth-order valence-electron chi connectivity index (χ4n) is 1.67. The van der Waals surface area contributed by atoms with Crippen molar-refractivity contribution in [2.45, 2.75) is 31.9 Å². The minimum atomic E-state index is 0.499. The predicted octanol–water partition coefficient (Wildman–Crippen LogP) is 1.80. The molecule has 1 saturated heterocycles. The second-order valence-electron chi connectivity index (χ2n) is 3.53. The second kappa shape index (κ2) is 5.44. The Morgan fingerprint density at radius 3 is 3.36 bits per heavy atom. The highest BCUT2D eigenvalue weighted by Gasteiger charge is 2.14. The van der Waals surface area contributed by atoms with Gasteiger partial charge >= 0.3 is 0 Å². The lowest BCUT2D eigenvalue weighted by Crippen LogP contribution is -2.19. The molecule has 0 aliphatic carbocycles. The van der Waals surface area contributed by atoms with Crippen molar-refractivity contribution in [3.05, 3.63) is 16.6 Å². The van der Waals surface area contributed by atoms with E-state index in [1.807, 2.05) is 11.6 Å². The Kier molecular flexibility index (Phi) is 3.91. The van der Waals surface area contributed by atoms with Crippen LogP contribution in [0, 0.1) is 0 Å². The maximum atomic E-state index is 5.54. The Bertz CT molecular complexity index is 245. The third-order valence-corrected chi connectivity index (χ3v) is 3.21. The zero-order chi connectivity index (χ0) is 9.64. The van der Waals surface area contributed by atoms with E-state index in [1.165, 1.54) is 12.8 Å². The highest BCUT2D eigenvalue weighted by atomic mass is 32.1. The van der Waals surface area contributed by atoms with Gasteiger partial charge in [0.25, 0.3) is 0 Å². The summed E-state index contributed by atoms with van der Waals surface area (Å²) >= 11 is 1.70. The highest BCUT2D eigenvalue weighted by Crippen LogP contribution is 2.14. The van der Waals surface area contributed by atoms with E-state index in [9.17, 15) is 0 Å². The van der Waals surface area contributed by atoms with Crippen molar-refractivity contribution in [1.82, 2.24) is 10.3 Å². The number of aromatic nitrogens is 1. The fraction of sp³-hybridized carbons (Fsp3) is 0.700. The van der Waals surface area contributed by atoms with Crippen molar-refractivity contribution >= 4 is 11.3 Å². The van der Waals surface area contributed by atoms with Crippen LogP contribution >= 0.6 is 11.3 Å². The van der Waals surface area contributed by atoms with Crippen LogP contribution in [0.1, 0.15) is 24.3 Å². The van der Waals surface area contributed by atoms with E-state index in [2.05, 4.69) is 10.3 Å². The molecule has 1 N–H and O–H groups in total. The van der Waals surface area contributed by atoms with Crippen LogP contribution in [-0.2, 0) is 11.3 Å². The molecule has 1 aliphatic heterocycles. The summed E-state index contributed by atoms with van der Waals surface area (Å²) in [5, 5.41) is 6.56. The molecule has 78 valence electrons. The number of hydrogen-bond acceptors (Lipinski definition) is 4. The van der Waals surface area contributed by atoms with E-state index < -0.39 is 0 Å². The standard InChI is InChI=1S/C10H16N2OS/c1-2-9(13-6-1)3-4-11-8-10-12-5-7-14-10/h5,7,9,11H,1-4,6,8H2. The number of nitrogens with zero attached hydrogens (tertiary/aromatic N) is 1. The molecule has 0 aromatic carbocycles. The first-order chi connectivity index (χ1) is 6.95. The van der Waals surface area contributed by atoms with E-state index >= 15 is 0 Å². The number of thiazole rings is 1. The van der Waals surface area contributed by atoms with E-state index in [0.29, 0.717) is 6.10 Å². The number of hydrogen-bond donors (Lipinski definition) is 1. The third kappa shape index (κ3) is 3.04. The molecule has 3 nitrogen and oxygen atoms in total. The van der Waals surface area contributed by atoms with Crippen LogP contribution in [0.2, 0.25) is 0 Å². The minimum absolute atomic E-state index is 0.499. The summed E-state index contributed by atoms with van der Waals surface area (Å²) < 4.78 is 5.54. The van der Waals surface area contributed by atoms with Crippen LogP contribution in [0.15, 0.2) is 11.6 Å². The van der Waals surface area contributed by atoms with Crippen molar-refractivity contribution in [2.75, 3.05) is 13.2 Å². The van der Waals surface area contributed by atoms with Gasteiger partial charge in [0.05, 0.1) is 6.10 Å². The average molecular weight is 212 g/mol. The molecule has 1 fully saturated rings. The zero-order valence-corrected chi connectivity index (χ0v) is 9.05. The molecule has 0 spiro atoms. The number of nitrogens with one attached hydrogen (secondary N) is 1. The molecule has 14 heavy (non-hydrogen) atoms. The first-order valence-corrected chi connectivity index (χ1v) is 6.04. The number of ether oxygens (including phenoxy) is 1. The van der Waals surface area contributed by atoms with Crippen molar-refractivity contribution in [3.63, 3.8) is 0 Å². The monoisotopic (exact) mass is 212 g/mol. The molecule has 1 aliphatic rings. The molecule has 1 unspecified atom stereocenters. The summed E-state index contributed by atoms with van der Waals surface area (Å²) in [5.41, 5.74) is 0. The van der Waals surface area contributed by atoms with Crippen LogP contribution in [0.4, 0.5) is 0 Å². The van der Waals surface area contributed by atoms with Gasteiger partial charge in [-0.25, -0.2) is 4.98 Å². The lowest BCUT2D eigenvalue weighted by atomic mass is 10.2. The molecular weight excluding hydrogens is 196 g/mol.